The summed E-state index contributed by atoms with van der Waals surface area (Å²) >= 11 is 0. The molecule has 1 aliphatic rings. The lowest BCUT2D eigenvalue weighted by Gasteiger charge is -2.23. The third-order valence-corrected chi connectivity index (χ3v) is 2.76. The van der Waals surface area contributed by atoms with Crippen molar-refractivity contribution in [3.63, 3.8) is 0 Å². The summed E-state index contributed by atoms with van der Waals surface area (Å²) in [5.74, 6) is -0.0148. The van der Waals surface area contributed by atoms with Crippen LogP contribution >= 0.6 is 0 Å². The Morgan fingerprint density at radius 1 is 1.62 bits per heavy atom. The monoisotopic (exact) mass is 184 g/mol. The maximum absolute atomic E-state index is 11.5. The van der Waals surface area contributed by atoms with Crippen molar-refractivity contribution in [1.29, 1.82) is 0 Å². The van der Waals surface area contributed by atoms with Crippen LogP contribution in [0, 0.1) is 5.41 Å². The van der Waals surface area contributed by atoms with E-state index in [0.717, 1.165) is 12.8 Å². The molecule has 0 aromatic rings. The maximum Gasteiger partial charge on any atom is 0.312 e. The van der Waals surface area contributed by atoms with Crippen molar-refractivity contribution in [1.82, 2.24) is 0 Å². The predicted molar refractivity (Wildman–Crippen MR) is 48.2 cm³/mol. The first-order chi connectivity index (χ1) is 6.14. The highest BCUT2D eigenvalue weighted by Gasteiger charge is 2.44. The Morgan fingerprint density at radius 3 is 2.69 bits per heavy atom. The fraction of sp³-hybridized carbons (Fsp3) is 0.800. The predicted octanol–water partition coefficient (Wildman–Crippen LogP) is 1.70. The van der Waals surface area contributed by atoms with Crippen LogP contribution in [0.2, 0.25) is 0 Å². The van der Waals surface area contributed by atoms with Crippen LogP contribution in [-0.4, -0.2) is 18.9 Å². The maximum atomic E-state index is 11.5. The molecule has 13 heavy (non-hydrogen) atoms. The van der Waals surface area contributed by atoms with Gasteiger partial charge in [0.2, 0.25) is 0 Å². The second kappa shape index (κ2) is 3.90. The third kappa shape index (κ3) is 1.90. The summed E-state index contributed by atoms with van der Waals surface area (Å²) in [4.78, 5) is 22.6. The standard InChI is InChI=1S/C10H16O3/c1-3-5-10(9(12)13-2)6-4-8(11)7-10/h3-7H2,1-2H3. The Morgan fingerprint density at radius 2 is 2.31 bits per heavy atom. The van der Waals surface area contributed by atoms with Gasteiger partial charge >= 0.3 is 5.97 Å². The Hall–Kier alpha value is -0.860. The van der Waals surface area contributed by atoms with Crippen LogP contribution in [0.3, 0.4) is 0 Å². The summed E-state index contributed by atoms with van der Waals surface area (Å²) in [5, 5.41) is 0. The lowest BCUT2D eigenvalue weighted by Crippen LogP contribution is -2.29. The molecule has 74 valence electrons. The van der Waals surface area contributed by atoms with Crippen molar-refractivity contribution in [2.75, 3.05) is 7.11 Å². The normalized spacial score (nSPS) is 27.7. The summed E-state index contributed by atoms with van der Waals surface area (Å²) < 4.78 is 4.75. The number of hydrogen-bond acceptors (Lipinski definition) is 3. The van der Waals surface area contributed by atoms with Crippen LogP contribution < -0.4 is 0 Å². The zero-order valence-corrected chi connectivity index (χ0v) is 8.26. The number of carbonyl (C=O) groups is 2. The molecule has 1 unspecified atom stereocenters. The number of hydrogen-bond donors (Lipinski definition) is 0. The van der Waals surface area contributed by atoms with Gasteiger partial charge < -0.3 is 4.74 Å². The van der Waals surface area contributed by atoms with Crippen molar-refractivity contribution in [3.05, 3.63) is 0 Å². The smallest absolute Gasteiger partial charge is 0.312 e. The van der Waals surface area contributed by atoms with Crippen LogP contribution in [0.25, 0.3) is 0 Å². The highest BCUT2D eigenvalue weighted by Crippen LogP contribution is 2.41. The molecule has 1 rings (SSSR count). The first-order valence-corrected chi connectivity index (χ1v) is 4.75. The molecular formula is C10H16O3. The van der Waals surface area contributed by atoms with E-state index in [1.54, 1.807) is 0 Å². The van der Waals surface area contributed by atoms with Crippen LogP contribution in [0.1, 0.15) is 39.0 Å². The van der Waals surface area contributed by atoms with Crippen molar-refractivity contribution in [2.24, 2.45) is 5.41 Å². The van der Waals surface area contributed by atoms with E-state index in [2.05, 4.69) is 0 Å². The lowest BCUT2D eigenvalue weighted by molar-refractivity contribution is -0.153. The van der Waals surface area contributed by atoms with Crippen LogP contribution in [0.5, 0.6) is 0 Å². The molecule has 0 aromatic heterocycles. The largest absolute Gasteiger partial charge is 0.469 e. The van der Waals surface area contributed by atoms with Gasteiger partial charge in [-0.1, -0.05) is 13.3 Å². The fourth-order valence-electron chi connectivity index (χ4n) is 2.12. The van der Waals surface area contributed by atoms with Gasteiger partial charge in [-0.2, -0.15) is 0 Å². The summed E-state index contributed by atoms with van der Waals surface area (Å²) in [7, 11) is 1.39. The van der Waals surface area contributed by atoms with Gasteiger partial charge in [0, 0.05) is 12.8 Å². The van der Waals surface area contributed by atoms with E-state index in [1.807, 2.05) is 6.92 Å². The third-order valence-electron chi connectivity index (χ3n) is 2.76. The molecule has 0 N–H and O–H groups in total. The van der Waals surface area contributed by atoms with Crippen LogP contribution in [0.4, 0.5) is 0 Å². The van der Waals surface area contributed by atoms with E-state index in [1.165, 1.54) is 7.11 Å². The van der Waals surface area contributed by atoms with Crippen LogP contribution in [-0.2, 0) is 14.3 Å². The van der Waals surface area contributed by atoms with E-state index in [9.17, 15) is 9.59 Å². The summed E-state index contributed by atoms with van der Waals surface area (Å²) in [6.45, 7) is 2.02. The first-order valence-electron chi connectivity index (χ1n) is 4.75. The second-order valence-corrected chi connectivity index (χ2v) is 3.74. The Kier molecular flexibility index (Phi) is 3.07. The van der Waals surface area contributed by atoms with Crippen molar-refractivity contribution in [3.8, 4) is 0 Å². The summed E-state index contributed by atoms with van der Waals surface area (Å²) in [5.41, 5.74) is -0.486. The Labute approximate surface area is 78.5 Å². The quantitative estimate of drug-likeness (QED) is 0.627. The second-order valence-electron chi connectivity index (χ2n) is 3.74. The van der Waals surface area contributed by atoms with Gasteiger partial charge in [0.15, 0.2) is 0 Å². The van der Waals surface area contributed by atoms with Gasteiger partial charge in [-0.15, -0.1) is 0 Å². The van der Waals surface area contributed by atoms with E-state index in [4.69, 9.17) is 4.74 Å². The summed E-state index contributed by atoms with van der Waals surface area (Å²) in [6, 6.07) is 0. The zero-order valence-electron chi connectivity index (χ0n) is 8.26. The number of ketones is 1. The molecule has 0 spiro atoms. The number of esters is 1. The van der Waals surface area contributed by atoms with E-state index in [-0.39, 0.29) is 11.8 Å². The van der Waals surface area contributed by atoms with Gasteiger partial charge in [-0.3, -0.25) is 9.59 Å². The first kappa shape index (κ1) is 10.2. The van der Waals surface area contributed by atoms with E-state index >= 15 is 0 Å². The number of carbonyl (C=O) groups excluding carboxylic acids is 2. The highest BCUT2D eigenvalue weighted by molar-refractivity contribution is 5.90. The zero-order chi connectivity index (χ0) is 9.90. The van der Waals surface area contributed by atoms with Crippen molar-refractivity contribution < 1.29 is 14.3 Å². The summed E-state index contributed by atoms with van der Waals surface area (Å²) in [6.07, 6.45) is 3.28. The molecule has 0 aromatic carbocycles. The van der Waals surface area contributed by atoms with Gasteiger partial charge in [-0.25, -0.2) is 0 Å². The fourth-order valence-corrected chi connectivity index (χ4v) is 2.12. The average molecular weight is 184 g/mol. The molecule has 0 bridgehead atoms. The van der Waals surface area contributed by atoms with Gasteiger partial charge in [-0.05, 0) is 12.8 Å². The topological polar surface area (TPSA) is 43.4 Å². The molecule has 0 radical (unpaired) electrons. The van der Waals surface area contributed by atoms with Crippen LogP contribution in [0.15, 0.2) is 0 Å². The minimum Gasteiger partial charge on any atom is -0.469 e. The minimum atomic E-state index is -0.486. The number of methoxy groups -OCH3 is 1. The van der Waals surface area contributed by atoms with Crippen molar-refractivity contribution >= 4 is 11.8 Å². The van der Waals surface area contributed by atoms with Gasteiger partial charge in [0.05, 0.1) is 12.5 Å². The molecule has 1 atom stereocenters. The molecule has 0 aliphatic heterocycles. The van der Waals surface area contributed by atoms with Crippen molar-refractivity contribution in [2.45, 2.75) is 39.0 Å². The molecule has 1 saturated carbocycles. The molecule has 0 heterocycles. The molecule has 0 amide bonds. The SMILES string of the molecule is CCCC1(C(=O)OC)CCC(=O)C1. The molecule has 1 aliphatic carbocycles. The molecule has 1 fully saturated rings. The lowest BCUT2D eigenvalue weighted by atomic mass is 9.82. The Balaban J connectivity index is 2.76. The number of Topliss-reactive ketones (excluding diaryl/α,β-unsaturated/α-hetero) is 1. The molecule has 3 heteroatoms. The van der Waals surface area contributed by atoms with Gasteiger partial charge in [0.25, 0.3) is 0 Å². The molecular weight excluding hydrogens is 168 g/mol. The molecule has 3 nitrogen and oxygen atoms in total. The Bertz CT molecular complexity index is 222. The average Bonchev–Trinajstić information content (AvgIpc) is 2.48. The number of rotatable bonds is 3. The minimum absolute atomic E-state index is 0.193. The highest BCUT2D eigenvalue weighted by atomic mass is 16.5. The van der Waals surface area contributed by atoms with E-state index in [0.29, 0.717) is 19.3 Å². The van der Waals surface area contributed by atoms with Gasteiger partial charge in [0.1, 0.15) is 5.78 Å². The van der Waals surface area contributed by atoms with E-state index < -0.39 is 5.41 Å². The number of ether oxygens (including phenoxy) is 1. The molecule has 0 saturated heterocycles.